The number of fused-ring (bicyclic) bond motifs is 1. The molecule has 0 radical (unpaired) electrons. The fraction of sp³-hybridized carbons (Fsp3) is 0.545. The molecule has 0 aromatic carbocycles. The molecular formula is C11H18N6OS. The number of anilines is 2. The first-order chi connectivity index (χ1) is 9.24. The van der Waals surface area contributed by atoms with Crippen LogP contribution in [0.1, 0.15) is 13.8 Å². The fourth-order valence-corrected chi connectivity index (χ4v) is 2.25. The number of aromatic amines is 1. The van der Waals surface area contributed by atoms with Crippen molar-refractivity contribution in [2.75, 3.05) is 35.2 Å². The van der Waals surface area contributed by atoms with Gasteiger partial charge in [0.1, 0.15) is 5.82 Å². The largest absolute Gasteiger partial charge is 0.368 e. The van der Waals surface area contributed by atoms with Gasteiger partial charge < -0.3 is 10.6 Å². The third-order valence-corrected chi connectivity index (χ3v) is 3.89. The molecule has 0 bridgehead atoms. The number of hydrogen-bond acceptors (Lipinski definition) is 6. The second-order valence-electron chi connectivity index (χ2n) is 3.92. The summed E-state index contributed by atoms with van der Waals surface area (Å²) < 4.78 is 11.4. The first-order valence-electron chi connectivity index (χ1n) is 6.28. The zero-order chi connectivity index (χ0) is 13.7. The average Bonchev–Trinajstić information content (AvgIpc) is 2.87. The Labute approximate surface area is 114 Å². The lowest BCUT2D eigenvalue weighted by molar-refractivity contribution is 0.684. The van der Waals surface area contributed by atoms with E-state index in [9.17, 15) is 4.21 Å². The van der Waals surface area contributed by atoms with Gasteiger partial charge >= 0.3 is 0 Å². The standard InChI is InChI=1S/C11H18N6OS/c1-3-12-11-15-9(13-5-6-19(18)4-2)8-7-14-17-10(8)16-11/h7H,3-6H2,1-2H3,(H3,12,13,14,15,16,17). The maximum absolute atomic E-state index is 11.4. The Hall–Kier alpha value is -1.70. The van der Waals surface area contributed by atoms with Crippen molar-refractivity contribution < 1.29 is 4.21 Å². The molecule has 2 aromatic rings. The van der Waals surface area contributed by atoms with Gasteiger partial charge in [-0.2, -0.15) is 15.1 Å². The molecule has 2 rings (SSSR count). The van der Waals surface area contributed by atoms with Gasteiger partial charge in [0.2, 0.25) is 5.95 Å². The summed E-state index contributed by atoms with van der Waals surface area (Å²) in [7, 11) is -0.778. The van der Waals surface area contributed by atoms with E-state index in [1.165, 1.54) is 0 Å². The van der Waals surface area contributed by atoms with E-state index >= 15 is 0 Å². The van der Waals surface area contributed by atoms with Crippen LogP contribution in [0.4, 0.5) is 11.8 Å². The van der Waals surface area contributed by atoms with Gasteiger partial charge in [-0.25, -0.2) is 0 Å². The van der Waals surface area contributed by atoms with E-state index in [-0.39, 0.29) is 0 Å². The zero-order valence-corrected chi connectivity index (χ0v) is 11.9. The van der Waals surface area contributed by atoms with Crippen LogP contribution in [0.3, 0.4) is 0 Å². The van der Waals surface area contributed by atoms with Crippen LogP contribution in [0, 0.1) is 0 Å². The van der Waals surface area contributed by atoms with Crippen LogP contribution < -0.4 is 10.6 Å². The number of nitrogens with zero attached hydrogens (tertiary/aromatic N) is 3. The average molecular weight is 282 g/mol. The first kappa shape index (κ1) is 13.7. The summed E-state index contributed by atoms with van der Waals surface area (Å²) in [5.41, 5.74) is 0.685. The third-order valence-electron chi connectivity index (χ3n) is 2.59. The number of nitrogens with one attached hydrogen (secondary N) is 3. The monoisotopic (exact) mass is 282 g/mol. The van der Waals surface area contributed by atoms with Gasteiger partial charge in [-0.15, -0.1) is 0 Å². The fourth-order valence-electron chi connectivity index (χ4n) is 1.63. The zero-order valence-electron chi connectivity index (χ0n) is 11.1. The molecule has 0 aliphatic rings. The van der Waals surface area contributed by atoms with Crippen LogP contribution >= 0.6 is 0 Å². The van der Waals surface area contributed by atoms with Crippen LogP contribution in [-0.2, 0) is 10.8 Å². The van der Waals surface area contributed by atoms with Crippen molar-refractivity contribution >= 4 is 33.6 Å². The predicted octanol–water partition coefficient (Wildman–Crippen LogP) is 0.965. The van der Waals surface area contributed by atoms with E-state index in [2.05, 4.69) is 30.8 Å². The van der Waals surface area contributed by atoms with Gasteiger partial charge in [-0.3, -0.25) is 9.31 Å². The molecule has 0 spiro atoms. The molecular weight excluding hydrogens is 264 g/mol. The molecule has 0 saturated carbocycles. The van der Waals surface area contributed by atoms with Crippen molar-refractivity contribution in [3.63, 3.8) is 0 Å². The first-order valence-corrected chi connectivity index (χ1v) is 7.77. The highest BCUT2D eigenvalue weighted by Crippen LogP contribution is 2.19. The molecule has 1 unspecified atom stereocenters. The molecule has 0 amide bonds. The summed E-state index contributed by atoms with van der Waals surface area (Å²) in [5, 5.41) is 13.9. The Morgan fingerprint density at radius 2 is 2.16 bits per heavy atom. The second-order valence-corrected chi connectivity index (χ2v) is 5.78. The predicted molar refractivity (Wildman–Crippen MR) is 77.9 cm³/mol. The molecule has 0 aliphatic heterocycles. The Bertz CT molecular complexity index is 569. The van der Waals surface area contributed by atoms with Crippen molar-refractivity contribution in [1.82, 2.24) is 20.2 Å². The quantitative estimate of drug-likeness (QED) is 0.700. The second kappa shape index (κ2) is 6.46. The minimum atomic E-state index is -0.778. The Balaban J connectivity index is 2.15. The molecule has 1 atom stereocenters. The van der Waals surface area contributed by atoms with Crippen LogP contribution in [0.2, 0.25) is 0 Å². The maximum atomic E-state index is 11.4. The minimum absolute atomic E-state index is 0.554. The summed E-state index contributed by atoms with van der Waals surface area (Å²) in [6, 6.07) is 0. The molecule has 7 nitrogen and oxygen atoms in total. The van der Waals surface area contributed by atoms with Gasteiger partial charge in [0.15, 0.2) is 5.65 Å². The Morgan fingerprint density at radius 1 is 1.32 bits per heavy atom. The van der Waals surface area contributed by atoms with Crippen molar-refractivity contribution in [1.29, 1.82) is 0 Å². The van der Waals surface area contributed by atoms with Gasteiger partial charge in [0.05, 0.1) is 11.6 Å². The molecule has 2 aromatic heterocycles. The van der Waals surface area contributed by atoms with E-state index in [0.29, 0.717) is 35.5 Å². The van der Waals surface area contributed by atoms with Crippen LogP contribution in [-0.4, -0.2) is 49.0 Å². The van der Waals surface area contributed by atoms with E-state index in [0.717, 1.165) is 11.9 Å². The molecule has 8 heteroatoms. The lowest BCUT2D eigenvalue weighted by Gasteiger charge is -2.08. The topological polar surface area (TPSA) is 95.6 Å². The molecule has 3 N–H and O–H groups in total. The van der Waals surface area contributed by atoms with Crippen molar-refractivity contribution in [3.05, 3.63) is 6.20 Å². The molecule has 104 valence electrons. The summed E-state index contributed by atoms with van der Waals surface area (Å²) in [6.45, 7) is 5.26. The van der Waals surface area contributed by atoms with Gasteiger partial charge in [-0.1, -0.05) is 6.92 Å². The highest BCUT2D eigenvalue weighted by molar-refractivity contribution is 7.84. The Kier molecular flexibility index (Phi) is 4.67. The van der Waals surface area contributed by atoms with Gasteiger partial charge in [0.25, 0.3) is 0 Å². The lowest BCUT2D eigenvalue weighted by atomic mass is 10.4. The number of aromatic nitrogens is 4. The summed E-state index contributed by atoms with van der Waals surface area (Å²) in [5.74, 6) is 2.55. The summed E-state index contributed by atoms with van der Waals surface area (Å²) in [4.78, 5) is 8.70. The molecule has 0 aliphatic carbocycles. The SMILES string of the molecule is CCNc1nc(NCCS(=O)CC)c2cn[nH]c2n1. The lowest BCUT2D eigenvalue weighted by Crippen LogP contribution is -2.14. The number of rotatable bonds is 7. The van der Waals surface area contributed by atoms with E-state index in [1.54, 1.807) is 6.20 Å². The van der Waals surface area contributed by atoms with E-state index < -0.39 is 10.8 Å². The van der Waals surface area contributed by atoms with Crippen molar-refractivity contribution in [2.45, 2.75) is 13.8 Å². The molecule has 0 fully saturated rings. The Morgan fingerprint density at radius 3 is 2.89 bits per heavy atom. The summed E-state index contributed by atoms with van der Waals surface area (Å²) in [6.07, 6.45) is 1.68. The third kappa shape index (κ3) is 3.40. The van der Waals surface area contributed by atoms with Crippen LogP contribution in [0.5, 0.6) is 0 Å². The number of H-pyrrole nitrogens is 1. The number of hydrogen-bond donors (Lipinski definition) is 3. The van der Waals surface area contributed by atoms with Crippen LogP contribution in [0.15, 0.2) is 6.20 Å². The normalized spacial score (nSPS) is 12.5. The molecule has 0 saturated heterocycles. The van der Waals surface area contributed by atoms with E-state index in [4.69, 9.17) is 0 Å². The highest BCUT2D eigenvalue weighted by atomic mass is 32.2. The van der Waals surface area contributed by atoms with Gasteiger partial charge in [0, 0.05) is 35.4 Å². The van der Waals surface area contributed by atoms with Crippen LogP contribution in [0.25, 0.3) is 11.0 Å². The van der Waals surface area contributed by atoms with E-state index in [1.807, 2.05) is 13.8 Å². The van der Waals surface area contributed by atoms with Crippen molar-refractivity contribution in [2.24, 2.45) is 0 Å². The van der Waals surface area contributed by atoms with Gasteiger partial charge in [-0.05, 0) is 6.92 Å². The van der Waals surface area contributed by atoms with Crippen molar-refractivity contribution in [3.8, 4) is 0 Å². The maximum Gasteiger partial charge on any atom is 0.226 e. The minimum Gasteiger partial charge on any atom is -0.368 e. The smallest absolute Gasteiger partial charge is 0.226 e. The molecule has 2 heterocycles. The summed E-state index contributed by atoms with van der Waals surface area (Å²) >= 11 is 0. The highest BCUT2D eigenvalue weighted by Gasteiger charge is 2.09. The molecule has 19 heavy (non-hydrogen) atoms.